The molecular weight excluding hydrogens is 266 g/mol. The van der Waals surface area contributed by atoms with Crippen molar-refractivity contribution in [2.45, 2.75) is 31.7 Å². The highest BCUT2D eigenvalue weighted by Crippen LogP contribution is 2.33. The zero-order valence-electron chi connectivity index (χ0n) is 10.2. The number of halogens is 1. The van der Waals surface area contributed by atoms with Crippen LogP contribution in [0.25, 0.3) is 10.2 Å². The molecule has 0 aliphatic heterocycles. The third kappa shape index (κ3) is 2.19. The molecule has 2 heterocycles. The second kappa shape index (κ2) is 5.41. The summed E-state index contributed by atoms with van der Waals surface area (Å²) in [4.78, 5) is 11.2. The van der Waals surface area contributed by atoms with Crippen LogP contribution in [0.5, 0.6) is 0 Å². The monoisotopic (exact) mass is 281 g/mol. The Morgan fingerprint density at radius 3 is 2.94 bits per heavy atom. The summed E-state index contributed by atoms with van der Waals surface area (Å²) >= 11 is 7.69. The molecule has 2 aromatic heterocycles. The molecule has 18 heavy (non-hydrogen) atoms. The van der Waals surface area contributed by atoms with Crippen LogP contribution in [-0.2, 0) is 0 Å². The van der Waals surface area contributed by atoms with Gasteiger partial charge in [-0.25, -0.2) is 9.97 Å². The van der Waals surface area contributed by atoms with Crippen molar-refractivity contribution < 1.29 is 0 Å². The van der Waals surface area contributed by atoms with Gasteiger partial charge in [0.15, 0.2) is 0 Å². The van der Waals surface area contributed by atoms with E-state index in [0.717, 1.165) is 17.9 Å². The molecule has 3 rings (SSSR count). The maximum Gasteiger partial charge on any atom is 0.150 e. The minimum atomic E-state index is 0.601. The van der Waals surface area contributed by atoms with E-state index in [4.69, 9.17) is 11.6 Å². The number of anilines is 1. The molecule has 1 fully saturated rings. The van der Waals surface area contributed by atoms with Crippen molar-refractivity contribution >= 4 is 39.0 Å². The van der Waals surface area contributed by atoms with Crippen LogP contribution in [0.15, 0.2) is 17.8 Å². The lowest BCUT2D eigenvalue weighted by Gasteiger charge is -2.29. The van der Waals surface area contributed by atoms with E-state index < -0.39 is 0 Å². The number of fused-ring (bicyclic) bond motifs is 1. The summed E-state index contributed by atoms with van der Waals surface area (Å²) < 4.78 is 1.19. The molecule has 0 atom stereocenters. The first kappa shape index (κ1) is 12.2. The van der Waals surface area contributed by atoms with Crippen LogP contribution in [0.1, 0.15) is 25.7 Å². The molecule has 3 nitrogen and oxygen atoms in total. The lowest BCUT2D eigenvalue weighted by Crippen LogP contribution is -2.35. The van der Waals surface area contributed by atoms with E-state index in [1.54, 1.807) is 17.7 Å². The summed E-state index contributed by atoms with van der Waals surface area (Å²) in [7, 11) is 0. The first-order valence-electron chi connectivity index (χ1n) is 6.41. The third-order valence-corrected chi connectivity index (χ3v) is 4.66. The normalized spacial score (nSPS) is 16.5. The predicted molar refractivity (Wildman–Crippen MR) is 77.7 cm³/mol. The summed E-state index contributed by atoms with van der Waals surface area (Å²) in [5.74, 6) is 1.72. The van der Waals surface area contributed by atoms with Crippen molar-refractivity contribution in [3.63, 3.8) is 0 Å². The van der Waals surface area contributed by atoms with Gasteiger partial charge in [-0.3, -0.25) is 0 Å². The molecule has 0 aromatic carbocycles. The molecule has 1 aliphatic rings. The molecule has 96 valence electrons. The van der Waals surface area contributed by atoms with E-state index in [-0.39, 0.29) is 0 Å². The van der Waals surface area contributed by atoms with E-state index in [1.165, 1.54) is 30.4 Å². The van der Waals surface area contributed by atoms with Crippen LogP contribution in [0.4, 0.5) is 5.82 Å². The van der Waals surface area contributed by atoms with Crippen LogP contribution in [0.2, 0.25) is 0 Å². The van der Waals surface area contributed by atoms with Gasteiger partial charge in [0.2, 0.25) is 0 Å². The highest BCUT2D eigenvalue weighted by molar-refractivity contribution is 7.17. The van der Waals surface area contributed by atoms with Crippen molar-refractivity contribution in [3.8, 4) is 0 Å². The van der Waals surface area contributed by atoms with Crippen molar-refractivity contribution in [1.29, 1.82) is 0 Å². The molecule has 0 unspecified atom stereocenters. The maximum atomic E-state index is 5.97. The van der Waals surface area contributed by atoms with Crippen LogP contribution >= 0.6 is 22.9 Å². The van der Waals surface area contributed by atoms with Crippen molar-refractivity contribution in [3.05, 3.63) is 17.8 Å². The summed E-state index contributed by atoms with van der Waals surface area (Å²) in [5, 5.41) is 2.08. The van der Waals surface area contributed by atoms with E-state index in [9.17, 15) is 0 Å². The molecule has 0 amide bonds. The van der Waals surface area contributed by atoms with Crippen LogP contribution < -0.4 is 4.90 Å². The molecule has 0 spiro atoms. The average molecular weight is 282 g/mol. The number of aromatic nitrogens is 2. The lowest BCUT2D eigenvalue weighted by atomic mass is 10.2. The Labute approximate surface area is 116 Å². The lowest BCUT2D eigenvalue weighted by molar-refractivity contribution is 0.616. The highest BCUT2D eigenvalue weighted by atomic mass is 35.5. The molecule has 0 radical (unpaired) electrons. The van der Waals surface area contributed by atoms with Gasteiger partial charge in [0, 0.05) is 18.5 Å². The SMILES string of the molecule is ClCCN(c1ncnc2ccsc12)C1CCCC1. The Morgan fingerprint density at radius 2 is 2.17 bits per heavy atom. The van der Waals surface area contributed by atoms with Gasteiger partial charge in [0.1, 0.15) is 12.1 Å². The minimum absolute atomic E-state index is 0.601. The van der Waals surface area contributed by atoms with Crippen molar-refractivity contribution in [2.75, 3.05) is 17.3 Å². The number of alkyl halides is 1. The molecule has 0 N–H and O–H groups in total. The molecule has 0 saturated heterocycles. The zero-order valence-corrected chi connectivity index (χ0v) is 11.8. The van der Waals surface area contributed by atoms with Crippen LogP contribution in [0, 0.1) is 0 Å². The predicted octanol–water partition coefficient (Wildman–Crippen LogP) is 3.68. The molecule has 5 heteroatoms. The summed E-state index contributed by atoms with van der Waals surface area (Å²) in [6.45, 7) is 0.871. The second-order valence-corrected chi connectivity index (χ2v) is 5.95. The molecule has 1 aliphatic carbocycles. The summed E-state index contributed by atoms with van der Waals surface area (Å²) in [6, 6.07) is 2.66. The van der Waals surface area contributed by atoms with Gasteiger partial charge in [-0.05, 0) is 24.3 Å². The number of rotatable bonds is 4. The van der Waals surface area contributed by atoms with Gasteiger partial charge in [-0.15, -0.1) is 22.9 Å². The average Bonchev–Trinajstić information content (AvgIpc) is 3.06. The van der Waals surface area contributed by atoms with Gasteiger partial charge in [-0.1, -0.05) is 12.8 Å². The molecule has 2 aromatic rings. The second-order valence-electron chi connectivity index (χ2n) is 4.65. The standard InChI is InChI=1S/C13H16ClN3S/c14-6-7-17(10-3-1-2-4-10)13-12-11(5-8-18-12)15-9-16-13/h5,8-10H,1-4,6-7H2. The Hall–Kier alpha value is -0.870. The number of nitrogens with zero attached hydrogens (tertiary/aromatic N) is 3. The minimum Gasteiger partial charge on any atom is -0.351 e. The first-order valence-corrected chi connectivity index (χ1v) is 7.82. The fourth-order valence-electron chi connectivity index (χ4n) is 2.75. The van der Waals surface area contributed by atoms with Crippen molar-refractivity contribution in [1.82, 2.24) is 9.97 Å². The van der Waals surface area contributed by atoms with Crippen molar-refractivity contribution in [2.24, 2.45) is 0 Å². The van der Waals surface area contributed by atoms with Gasteiger partial charge >= 0.3 is 0 Å². The van der Waals surface area contributed by atoms with Gasteiger partial charge in [0.05, 0.1) is 10.2 Å². The quantitative estimate of drug-likeness (QED) is 0.801. The van der Waals surface area contributed by atoms with Crippen LogP contribution in [-0.4, -0.2) is 28.4 Å². The topological polar surface area (TPSA) is 29.0 Å². The Kier molecular flexibility index (Phi) is 3.66. The van der Waals surface area contributed by atoms with Gasteiger partial charge < -0.3 is 4.90 Å². The maximum absolute atomic E-state index is 5.97. The highest BCUT2D eigenvalue weighted by Gasteiger charge is 2.25. The van der Waals surface area contributed by atoms with E-state index in [0.29, 0.717) is 11.9 Å². The third-order valence-electron chi connectivity index (χ3n) is 3.59. The van der Waals surface area contributed by atoms with Gasteiger partial charge in [0.25, 0.3) is 0 Å². The number of thiophene rings is 1. The summed E-state index contributed by atoms with van der Waals surface area (Å²) in [5.41, 5.74) is 1.04. The van der Waals surface area contributed by atoms with Crippen LogP contribution in [0.3, 0.4) is 0 Å². The Morgan fingerprint density at radius 1 is 1.33 bits per heavy atom. The molecule has 1 saturated carbocycles. The number of hydrogen-bond donors (Lipinski definition) is 0. The Bertz CT molecular complexity index is 522. The molecule has 0 bridgehead atoms. The fourth-order valence-corrected chi connectivity index (χ4v) is 3.78. The van der Waals surface area contributed by atoms with E-state index >= 15 is 0 Å². The fraction of sp³-hybridized carbons (Fsp3) is 0.538. The van der Waals surface area contributed by atoms with E-state index in [1.807, 2.05) is 0 Å². The first-order chi connectivity index (χ1) is 8.90. The smallest absolute Gasteiger partial charge is 0.150 e. The zero-order chi connectivity index (χ0) is 12.4. The number of hydrogen-bond acceptors (Lipinski definition) is 4. The Balaban J connectivity index is 2.00. The molecular formula is C13H16ClN3S. The van der Waals surface area contributed by atoms with E-state index in [2.05, 4.69) is 26.3 Å². The summed E-state index contributed by atoms with van der Waals surface area (Å²) in [6.07, 6.45) is 6.83. The van der Waals surface area contributed by atoms with Gasteiger partial charge in [-0.2, -0.15) is 0 Å². The largest absolute Gasteiger partial charge is 0.351 e.